The highest BCUT2D eigenvalue weighted by atomic mass is 79.9. The van der Waals surface area contributed by atoms with Gasteiger partial charge in [-0.2, -0.15) is 0 Å². The number of alkyl halides is 1. The van der Waals surface area contributed by atoms with Crippen LogP contribution in [-0.2, 0) is 9.09 Å². The molecule has 1 aromatic rings. The molecular formula is C15H22Br2ClN2O3PS. The van der Waals surface area contributed by atoms with Crippen LogP contribution in [0.25, 0.3) is 0 Å². The molecule has 1 rings (SSSR count). The second kappa shape index (κ2) is 11.2. The molecule has 0 bridgehead atoms. The van der Waals surface area contributed by atoms with Gasteiger partial charge in [0.05, 0.1) is 17.3 Å². The van der Waals surface area contributed by atoms with Gasteiger partial charge in [-0.25, -0.2) is 9.46 Å². The summed E-state index contributed by atoms with van der Waals surface area (Å²) in [5, 5.41) is 3.59. The lowest BCUT2D eigenvalue weighted by molar-refractivity contribution is 0.229. The number of nitrogens with zero attached hydrogens (tertiary/aromatic N) is 1. The molecule has 0 saturated heterocycles. The van der Waals surface area contributed by atoms with E-state index in [-0.39, 0.29) is 13.2 Å². The van der Waals surface area contributed by atoms with Gasteiger partial charge in [0, 0.05) is 22.1 Å². The number of halogens is 3. The maximum Gasteiger partial charge on any atom is 0.357 e. The Balaban J connectivity index is 3.04. The third-order valence-corrected chi connectivity index (χ3v) is 9.06. The number of hydrogen-bond acceptors (Lipinski definition) is 4. The van der Waals surface area contributed by atoms with E-state index in [1.165, 1.54) is 16.1 Å². The Morgan fingerprint density at radius 1 is 1.48 bits per heavy atom. The fourth-order valence-electron chi connectivity index (χ4n) is 1.77. The van der Waals surface area contributed by atoms with Crippen LogP contribution < -0.4 is 5.32 Å². The molecule has 10 heteroatoms. The first-order chi connectivity index (χ1) is 11.7. The molecule has 0 aliphatic rings. The molecule has 142 valence electrons. The summed E-state index contributed by atoms with van der Waals surface area (Å²) in [6, 6.07) is 4.63. The highest BCUT2D eigenvalue weighted by Gasteiger charge is 2.36. The molecule has 1 unspecified atom stereocenters. The van der Waals surface area contributed by atoms with Crippen molar-refractivity contribution in [2.45, 2.75) is 20.8 Å². The standard InChI is InChI=1S/C15H22Br2ClN2O3PS/c1-4-23-24(22,25-10-11(2)3)20(8-7-16)15(21)19-14-6-5-12(17)9-13(14)18/h5-6,9,11H,4,7-8,10H2,1-3H3,(H,19,21). The monoisotopic (exact) mass is 534 g/mol. The maximum absolute atomic E-state index is 13.3. The molecule has 0 spiro atoms. The second-order valence-electron chi connectivity index (χ2n) is 5.44. The zero-order valence-corrected chi connectivity index (χ0v) is 19.9. The van der Waals surface area contributed by atoms with Crippen molar-refractivity contribution < 1.29 is 13.9 Å². The van der Waals surface area contributed by atoms with Crippen LogP contribution >= 0.6 is 61.6 Å². The van der Waals surface area contributed by atoms with Crippen molar-refractivity contribution in [1.82, 2.24) is 4.67 Å². The van der Waals surface area contributed by atoms with E-state index in [0.717, 1.165) is 4.47 Å². The second-order valence-corrected chi connectivity index (χ2v) is 12.0. The van der Waals surface area contributed by atoms with Crippen LogP contribution in [0.1, 0.15) is 20.8 Å². The number of hydrogen-bond donors (Lipinski definition) is 1. The third kappa shape index (κ3) is 7.43. The maximum atomic E-state index is 13.3. The average molecular weight is 537 g/mol. The molecule has 0 radical (unpaired) electrons. The Morgan fingerprint density at radius 2 is 2.16 bits per heavy atom. The predicted molar refractivity (Wildman–Crippen MR) is 115 cm³/mol. The van der Waals surface area contributed by atoms with Crippen LogP contribution in [0.4, 0.5) is 10.5 Å². The molecule has 0 fully saturated rings. The van der Waals surface area contributed by atoms with Crippen molar-refractivity contribution in [2.24, 2.45) is 5.92 Å². The lowest BCUT2D eigenvalue weighted by Gasteiger charge is -2.30. The van der Waals surface area contributed by atoms with Gasteiger partial charge in [-0.1, -0.05) is 57.3 Å². The number of anilines is 1. The van der Waals surface area contributed by atoms with Crippen LogP contribution in [0.5, 0.6) is 0 Å². The largest absolute Gasteiger partial charge is 0.357 e. The summed E-state index contributed by atoms with van der Waals surface area (Å²) in [5.41, 5.74) is 0.450. The molecule has 0 saturated carbocycles. The minimum atomic E-state index is -3.36. The molecule has 0 heterocycles. The zero-order chi connectivity index (χ0) is 19.0. The molecule has 0 aromatic heterocycles. The lowest BCUT2D eigenvalue weighted by atomic mass is 10.3. The van der Waals surface area contributed by atoms with E-state index in [0.29, 0.717) is 27.7 Å². The van der Waals surface area contributed by atoms with E-state index in [2.05, 4.69) is 37.2 Å². The summed E-state index contributed by atoms with van der Waals surface area (Å²) in [6.45, 7) is 2.97. The summed E-state index contributed by atoms with van der Waals surface area (Å²) in [4.78, 5) is 12.8. The molecule has 1 N–H and O–H groups in total. The van der Waals surface area contributed by atoms with Crippen LogP contribution in [-0.4, -0.2) is 34.9 Å². The Morgan fingerprint density at radius 3 is 2.68 bits per heavy atom. The van der Waals surface area contributed by atoms with E-state index >= 15 is 0 Å². The van der Waals surface area contributed by atoms with Gasteiger partial charge >= 0.3 is 12.8 Å². The van der Waals surface area contributed by atoms with Gasteiger partial charge < -0.3 is 9.84 Å². The number of urea groups is 1. The Hall–Kier alpha value is 0.280. The minimum absolute atomic E-state index is 0.252. The highest BCUT2D eigenvalue weighted by Crippen LogP contribution is 2.63. The molecule has 5 nitrogen and oxygen atoms in total. The topological polar surface area (TPSA) is 58.6 Å². The van der Waals surface area contributed by atoms with Crippen LogP contribution in [0.15, 0.2) is 22.7 Å². The van der Waals surface area contributed by atoms with Crippen molar-refractivity contribution in [3.05, 3.63) is 27.7 Å². The minimum Gasteiger partial charge on any atom is -0.306 e. The number of amides is 2. The number of carbonyl (C=O) groups excluding carboxylic acids is 1. The number of carbonyl (C=O) groups is 1. The van der Waals surface area contributed by atoms with E-state index in [9.17, 15) is 9.36 Å². The molecular weight excluding hydrogens is 514 g/mol. The first kappa shape index (κ1) is 23.3. The van der Waals surface area contributed by atoms with E-state index in [4.69, 9.17) is 16.1 Å². The van der Waals surface area contributed by atoms with Gasteiger partial charge in [0.2, 0.25) is 0 Å². The molecule has 0 aliphatic heterocycles. The van der Waals surface area contributed by atoms with Crippen molar-refractivity contribution in [3.8, 4) is 0 Å². The summed E-state index contributed by atoms with van der Waals surface area (Å²) in [6.07, 6.45) is 0. The Kier molecular flexibility index (Phi) is 10.4. The van der Waals surface area contributed by atoms with E-state index in [1.807, 2.05) is 13.8 Å². The lowest BCUT2D eigenvalue weighted by Crippen LogP contribution is -2.34. The average Bonchev–Trinajstić information content (AvgIpc) is 2.53. The van der Waals surface area contributed by atoms with Crippen molar-refractivity contribution >= 4 is 73.3 Å². The first-order valence-corrected chi connectivity index (χ1v) is 13.2. The summed E-state index contributed by atoms with van der Waals surface area (Å²) >= 11 is 14.0. The number of rotatable bonds is 9. The molecule has 1 aromatic carbocycles. The SMILES string of the molecule is CCOP(=O)(SCC(C)C)N(CCBr)C(=O)Nc1ccc(Br)cc1Cl. The van der Waals surface area contributed by atoms with Gasteiger partial charge in [-0.15, -0.1) is 0 Å². The fraction of sp³-hybridized carbons (Fsp3) is 0.533. The van der Waals surface area contributed by atoms with Gasteiger partial charge in [-0.05, 0) is 42.4 Å². The molecule has 2 amide bonds. The summed E-state index contributed by atoms with van der Waals surface area (Å²) in [7, 11) is 0. The summed E-state index contributed by atoms with van der Waals surface area (Å²) < 4.78 is 20.9. The summed E-state index contributed by atoms with van der Waals surface area (Å²) in [5.74, 6) is 0.955. The Labute approximate surface area is 175 Å². The zero-order valence-electron chi connectivity index (χ0n) is 14.3. The fourth-order valence-corrected chi connectivity index (χ4v) is 7.79. The van der Waals surface area contributed by atoms with Crippen molar-refractivity contribution in [1.29, 1.82) is 0 Å². The number of benzene rings is 1. The number of nitrogens with one attached hydrogen (secondary N) is 1. The normalized spacial score (nSPS) is 13.6. The van der Waals surface area contributed by atoms with Crippen molar-refractivity contribution in [3.63, 3.8) is 0 Å². The van der Waals surface area contributed by atoms with Crippen LogP contribution in [0, 0.1) is 5.92 Å². The van der Waals surface area contributed by atoms with Gasteiger partial charge in [-0.3, -0.25) is 4.57 Å². The van der Waals surface area contributed by atoms with Gasteiger partial charge in [0.25, 0.3) is 0 Å². The molecule has 0 aliphatic carbocycles. The van der Waals surface area contributed by atoms with E-state index in [1.54, 1.807) is 25.1 Å². The highest BCUT2D eigenvalue weighted by molar-refractivity contribution is 9.10. The molecule has 1 atom stereocenters. The van der Waals surface area contributed by atoms with Crippen LogP contribution in [0.3, 0.4) is 0 Å². The van der Waals surface area contributed by atoms with Gasteiger partial charge in [0.15, 0.2) is 0 Å². The first-order valence-electron chi connectivity index (χ1n) is 7.72. The molecule has 25 heavy (non-hydrogen) atoms. The predicted octanol–water partition coefficient (Wildman–Crippen LogP) is 6.87. The quantitative estimate of drug-likeness (QED) is 0.277. The Bertz CT molecular complexity index is 637. The third-order valence-electron chi connectivity index (χ3n) is 2.86. The van der Waals surface area contributed by atoms with E-state index < -0.39 is 12.8 Å². The van der Waals surface area contributed by atoms with Crippen molar-refractivity contribution in [2.75, 3.05) is 29.6 Å². The van der Waals surface area contributed by atoms with Gasteiger partial charge in [0.1, 0.15) is 0 Å². The van der Waals surface area contributed by atoms with Crippen LogP contribution in [0.2, 0.25) is 5.02 Å². The smallest absolute Gasteiger partial charge is 0.306 e.